The van der Waals surface area contributed by atoms with Crippen LogP contribution in [0.4, 0.5) is 0 Å². The van der Waals surface area contributed by atoms with E-state index in [-0.39, 0.29) is 0 Å². The minimum Gasteiger partial charge on any atom is -0.0969 e. The third kappa shape index (κ3) is 4.73. The second-order valence-corrected chi connectivity index (χ2v) is 4.53. The lowest BCUT2D eigenvalue weighted by Gasteiger charge is -1.97. The molecule has 0 aliphatic heterocycles. The second-order valence-electron chi connectivity index (χ2n) is 3.10. The van der Waals surface area contributed by atoms with Gasteiger partial charge in [0, 0.05) is 9.93 Å². The summed E-state index contributed by atoms with van der Waals surface area (Å²) < 4.78 is 0. The Morgan fingerprint density at radius 2 is 2.07 bits per heavy atom. The molecule has 1 aromatic rings. The van der Waals surface area contributed by atoms with E-state index < -0.39 is 0 Å². The average Bonchev–Trinajstić information content (AvgIpc) is 2.25. The third-order valence-electron chi connectivity index (χ3n) is 1.84. The highest BCUT2D eigenvalue weighted by Crippen LogP contribution is 2.23. The number of unbranched alkanes of at least 4 members (excludes halogenated alkanes) is 1. The van der Waals surface area contributed by atoms with Crippen molar-refractivity contribution in [2.24, 2.45) is 0 Å². The zero-order valence-corrected chi connectivity index (χ0v) is 9.94. The van der Waals surface area contributed by atoms with E-state index in [1.165, 1.54) is 17.7 Å². The lowest BCUT2D eigenvalue weighted by Crippen LogP contribution is -1.73. The predicted molar refractivity (Wildman–Crippen MR) is 65.8 cm³/mol. The van der Waals surface area contributed by atoms with Gasteiger partial charge in [-0.2, -0.15) is 0 Å². The molecule has 2 heteroatoms. The van der Waals surface area contributed by atoms with Gasteiger partial charge in [-0.1, -0.05) is 54.9 Å². The van der Waals surface area contributed by atoms with Crippen molar-refractivity contribution >= 4 is 23.4 Å². The van der Waals surface area contributed by atoms with Gasteiger partial charge in [-0.05, 0) is 30.4 Å². The SMILES string of the molecule is CCCC/C(Cl)=C\Sc1ccccc1. The smallest absolute Gasteiger partial charge is 0.0247 e. The average molecular weight is 227 g/mol. The number of thioether (sulfide) groups is 1. The van der Waals surface area contributed by atoms with E-state index >= 15 is 0 Å². The molecule has 0 fully saturated rings. The van der Waals surface area contributed by atoms with E-state index in [0.29, 0.717) is 0 Å². The second kappa shape index (κ2) is 6.97. The van der Waals surface area contributed by atoms with Crippen LogP contribution < -0.4 is 0 Å². The van der Waals surface area contributed by atoms with Gasteiger partial charge in [-0.25, -0.2) is 0 Å². The molecule has 0 aliphatic rings. The van der Waals surface area contributed by atoms with E-state index in [2.05, 4.69) is 19.1 Å². The summed E-state index contributed by atoms with van der Waals surface area (Å²) in [6.07, 6.45) is 3.36. The first kappa shape index (κ1) is 11.7. The van der Waals surface area contributed by atoms with Gasteiger partial charge in [0.25, 0.3) is 0 Å². The van der Waals surface area contributed by atoms with Crippen molar-refractivity contribution in [2.45, 2.75) is 31.1 Å². The molecule has 0 heterocycles. The van der Waals surface area contributed by atoms with Crippen LogP contribution in [0.25, 0.3) is 0 Å². The maximum Gasteiger partial charge on any atom is 0.0247 e. The van der Waals surface area contributed by atoms with E-state index in [1.807, 2.05) is 23.6 Å². The largest absolute Gasteiger partial charge is 0.0969 e. The van der Waals surface area contributed by atoms with Gasteiger partial charge in [-0.15, -0.1) is 0 Å². The van der Waals surface area contributed by atoms with Crippen LogP contribution >= 0.6 is 23.4 Å². The first-order chi connectivity index (χ1) is 6.83. The number of rotatable bonds is 5. The highest BCUT2D eigenvalue weighted by atomic mass is 35.5. The third-order valence-corrected chi connectivity index (χ3v) is 3.21. The maximum atomic E-state index is 6.05. The highest BCUT2D eigenvalue weighted by molar-refractivity contribution is 8.02. The number of allylic oxidation sites excluding steroid dienone is 1. The van der Waals surface area contributed by atoms with Crippen LogP contribution in [0, 0.1) is 0 Å². The van der Waals surface area contributed by atoms with Gasteiger partial charge in [0.15, 0.2) is 0 Å². The molecule has 0 aromatic heterocycles. The minimum absolute atomic E-state index is 0.959. The molecule has 0 radical (unpaired) electrons. The monoisotopic (exact) mass is 226 g/mol. The van der Waals surface area contributed by atoms with Crippen LogP contribution in [-0.4, -0.2) is 0 Å². The van der Waals surface area contributed by atoms with Crippen molar-refractivity contribution in [3.8, 4) is 0 Å². The van der Waals surface area contributed by atoms with Crippen molar-refractivity contribution in [2.75, 3.05) is 0 Å². The predicted octanol–water partition coefficient (Wildman–Crippen LogP) is 5.05. The summed E-state index contributed by atoms with van der Waals surface area (Å²) in [6, 6.07) is 10.3. The summed E-state index contributed by atoms with van der Waals surface area (Å²) in [4.78, 5) is 1.24. The summed E-state index contributed by atoms with van der Waals surface area (Å²) in [5.74, 6) is 0. The van der Waals surface area contributed by atoms with Crippen molar-refractivity contribution in [3.05, 3.63) is 40.8 Å². The van der Waals surface area contributed by atoms with Gasteiger partial charge in [0.2, 0.25) is 0 Å². The molecular formula is C12H15ClS. The summed E-state index contributed by atoms with van der Waals surface area (Å²) >= 11 is 7.73. The molecule has 14 heavy (non-hydrogen) atoms. The summed E-state index contributed by atoms with van der Waals surface area (Å²) in [5.41, 5.74) is 0. The van der Waals surface area contributed by atoms with Crippen molar-refractivity contribution in [1.82, 2.24) is 0 Å². The van der Waals surface area contributed by atoms with E-state index in [0.717, 1.165) is 11.5 Å². The van der Waals surface area contributed by atoms with Crippen LogP contribution in [0.3, 0.4) is 0 Å². The number of benzene rings is 1. The van der Waals surface area contributed by atoms with Crippen molar-refractivity contribution in [3.63, 3.8) is 0 Å². The number of hydrogen-bond acceptors (Lipinski definition) is 1. The molecular weight excluding hydrogens is 212 g/mol. The zero-order chi connectivity index (χ0) is 10.2. The number of halogens is 1. The summed E-state index contributed by atoms with van der Waals surface area (Å²) in [5, 5.41) is 2.99. The fraction of sp³-hybridized carbons (Fsp3) is 0.333. The molecule has 0 nitrogen and oxygen atoms in total. The molecule has 0 saturated carbocycles. The van der Waals surface area contributed by atoms with Gasteiger partial charge in [0.05, 0.1) is 0 Å². The molecule has 1 aromatic carbocycles. The lowest BCUT2D eigenvalue weighted by molar-refractivity contribution is 0.808. The van der Waals surface area contributed by atoms with Crippen LogP contribution in [-0.2, 0) is 0 Å². The van der Waals surface area contributed by atoms with E-state index in [1.54, 1.807) is 11.8 Å². The standard InChI is InChI=1S/C12H15ClS/c1-2-3-7-11(13)10-14-12-8-5-4-6-9-12/h4-6,8-10H,2-3,7H2,1H3/b11-10+. The minimum atomic E-state index is 0.959. The summed E-state index contributed by atoms with van der Waals surface area (Å²) in [7, 11) is 0. The number of hydrogen-bond donors (Lipinski definition) is 0. The molecule has 0 bridgehead atoms. The van der Waals surface area contributed by atoms with Gasteiger partial charge >= 0.3 is 0 Å². The Morgan fingerprint density at radius 3 is 2.71 bits per heavy atom. The van der Waals surface area contributed by atoms with Crippen molar-refractivity contribution < 1.29 is 0 Å². The van der Waals surface area contributed by atoms with Crippen molar-refractivity contribution in [1.29, 1.82) is 0 Å². The molecule has 76 valence electrons. The Kier molecular flexibility index (Phi) is 5.81. The van der Waals surface area contributed by atoms with Gasteiger partial charge < -0.3 is 0 Å². The quantitative estimate of drug-likeness (QED) is 0.634. The molecule has 0 N–H and O–H groups in total. The fourth-order valence-electron chi connectivity index (χ4n) is 1.04. The normalized spacial score (nSPS) is 11.7. The Hall–Kier alpha value is -0.400. The van der Waals surface area contributed by atoms with E-state index in [9.17, 15) is 0 Å². The zero-order valence-electron chi connectivity index (χ0n) is 8.37. The molecule has 0 amide bonds. The van der Waals surface area contributed by atoms with Crippen LogP contribution in [0.5, 0.6) is 0 Å². The van der Waals surface area contributed by atoms with Crippen LogP contribution in [0.2, 0.25) is 0 Å². The highest BCUT2D eigenvalue weighted by Gasteiger charge is 1.93. The molecule has 1 rings (SSSR count). The maximum absolute atomic E-state index is 6.05. The van der Waals surface area contributed by atoms with Crippen LogP contribution in [0.15, 0.2) is 45.7 Å². The fourth-order valence-corrected chi connectivity index (χ4v) is 2.00. The van der Waals surface area contributed by atoms with Gasteiger partial charge in [0.1, 0.15) is 0 Å². The van der Waals surface area contributed by atoms with Gasteiger partial charge in [-0.3, -0.25) is 0 Å². The first-order valence-electron chi connectivity index (χ1n) is 4.89. The molecule has 0 aliphatic carbocycles. The Morgan fingerprint density at radius 1 is 1.36 bits per heavy atom. The Bertz CT molecular complexity index is 280. The van der Waals surface area contributed by atoms with Crippen LogP contribution in [0.1, 0.15) is 26.2 Å². The summed E-state index contributed by atoms with van der Waals surface area (Å²) in [6.45, 7) is 2.18. The Labute approximate surface area is 95.4 Å². The molecule has 0 atom stereocenters. The molecule has 0 unspecified atom stereocenters. The lowest BCUT2D eigenvalue weighted by atomic mass is 10.2. The Balaban J connectivity index is 2.39. The first-order valence-corrected chi connectivity index (χ1v) is 6.15. The molecule has 0 spiro atoms. The topological polar surface area (TPSA) is 0 Å². The molecule has 0 saturated heterocycles. The van der Waals surface area contributed by atoms with E-state index in [4.69, 9.17) is 11.6 Å².